The van der Waals surface area contributed by atoms with Crippen molar-refractivity contribution in [2.24, 2.45) is 0 Å². The topological polar surface area (TPSA) is 143 Å². The minimum atomic E-state index is -5.08. The molecule has 1 spiro atoms. The molecule has 1 aromatic carbocycles. The number of aliphatic hydroxyl groups is 1. The predicted octanol–water partition coefficient (Wildman–Crippen LogP) is 7.82. The maximum atomic E-state index is 13.1. The number of ether oxygens (including phenoxy) is 3. The van der Waals surface area contributed by atoms with Gasteiger partial charge in [0.25, 0.3) is 0 Å². The zero-order valence-electron chi connectivity index (χ0n) is 31.2. The Morgan fingerprint density at radius 3 is 2.25 bits per heavy atom. The summed E-state index contributed by atoms with van der Waals surface area (Å²) in [6.07, 6.45) is 16.7. The van der Waals surface area contributed by atoms with Gasteiger partial charge in [-0.1, -0.05) is 76.5 Å². The van der Waals surface area contributed by atoms with E-state index in [9.17, 15) is 33.0 Å². The van der Waals surface area contributed by atoms with Crippen LogP contribution in [0.3, 0.4) is 0 Å². The van der Waals surface area contributed by atoms with E-state index in [0.717, 1.165) is 49.8 Å². The van der Waals surface area contributed by atoms with Gasteiger partial charge in [0.1, 0.15) is 5.76 Å². The molecule has 2 aliphatic heterocycles. The molecule has 0 aromatic heterocycles. The first-order valence-electron chi connectivity index (χ1n) is 19.2. The lowest BCUT2D eigenvalue weighted by atomic mass is 9.50. The second kappa shape index (κ2) is 18.6. The number of aromatic hydroxyl groups is 1. The van der Waals surface area contributed by atoms with Crippen LogP contribution in [0.4, 0.5) is 13.2 Å². The Balaban J connectivity index is 0.000000815. The summed E-state index contributed by atoms with van der Waals surface area (Å²) in [6, 6.07) is 3.42. The number of carbonyl (C=O) groups excluding carboxylic acids is 2. The van der Waals surface area contributed by atoms with Gasteiger partial charge in [-0.15, -0.1) is 0 Å². The van der Waals surface area contributed by atoms with Gasteiger partial charge >= 0.3 is 24.1 Å². The predicted molar refractivity (Wildman–Crippen MR) is 191 cm³/mol. The number of likely N-dealkylation sites (tertiary alicyclic amines) is 1. The quantitative estimate of drug-likeness (QED) is 0.0772. The molecule has 5 rings (SSSR count). The van der Waals surface area contributed by atoms with Crippen LogP contribution < -0.4 is 4.74 Å². The number of hydrogen-bond donors (Lipinski definition) is 3. The summed E-state index contributed by atoms with van der Waals surface area (Å²) in [6.45, 7) is 4.52. The molecule has 2 aliphatic carbocycles. The van der Waals surface area contributed by atoms with Crippen LogP contribution in [0, 0.1) is 0 Å². The standard InChI is InChI=1S/C38H55NO7.C2HF3O2/c1-4-5-6-7-8-9-10-11-12-13-14-15-16-17-18-19-32(41)44-27(2)36(42)45-30-22-23-38(43)31-26-28-20-21-29(40)34-33(28)37(38,35(30)46-34)24-25-39(31)3;3-2(4,5)1(6)7/h11-12,20-22,27,31,35,40,43H,4-10,13-19,23-26H2,1-3H3;(H,6,7)/b12-11-;/t27-,31+,35-,37-,38+;/m0./s1. The number of phenols is 1. The zero-order chi connectivity index (χ0) is 38.8. The van der Waals surface area contributed by atoms with Crippen LogP contribution in [0.25, 0.3) is 0 Å². The van der Waals surface area contributed by atoms with Gasteiger partial charge in [-0.05, 0) is 83.2 Å². The molecule has 0 saturated carbocycles. The van der Waals surface area contributed by atoms with E-state index in [0.29, 0.717) is 30.8 Å². The van der Waals surface area contributed by atoms with E-state index < -0.39 is 47.3 Å². The van der Waals surface area contributed by atoms with Crippen molar-refractivity contribution in [3.8, 4) is 11.5 Å². The van der Waals surface area contributed by atoms with Gasteiger partial charge in [0.05, 0.1) is 11.0 Å². The van der Waals surface area contributed by atoms with E-state index >= 15 is 0 Å². The molecule has 0 amide bonds. The molecular formula is C40H56F3NO9. The lowest BCUT2D eigenvalue weighted by Gasteiger charge is -2.61. The van der Waals surface area contributed by atoms with Crippen molar-refractivity contribution < 1.29 is 57.1 Å². The van der Waals surface area contributed by atoms with Gasteiger partial charge in [-0.2, -0.15) is 13.2 Å². The van der Waals surface area contributed by atoms with Gasteiger partial charge in [-0.3, -0.25) is 4.79 Å². The van der Waals surface area contributed by atoms with Crippen LogP contribution in [0.1, 0.15) is 128 Å². The lowest BCUT2D eigenvalue weighted by molar-refractivity contribution is -0.192. The third kappa shape index (κ3) is 9.75. The number of carboxylic acid groups (broad SMARTS) is 1. The van der Waals surface area contributed by atoms with Gasteiger partial charge in [0, 0.05) is 24.4 Å². The van der Waals surface area contributed by atoms with Crippen LogP contribution >= 0.6 is 0 Å². The average molecular weight is 752 g/mol. The second-order valence-electron chi connectivity index (χ2n) is 14.8. The van der Waals surface area contributed by atoms with E-state index in [2.05, 4.69) is 24.0 Å². The van der Waals surface area contributed by atoms with Crippen LogP contribution in [0.2, 0.25) is 0 Å². The Kier molecular flexibility index (Phi) is 14.8. The number of nitrogens with zero attached hydrogens (tertiary/aromatic N) is 1. The number of likely N-dealkylation sites (N-methyl/N-ethyl adjacent to an activating group) is 1. The van der Waals surface area contributed by atoms with Crippen LogP contribution in [-0.2, 0) is 35.7 Å². The molecule has 53 heavy (non-hydrogen) atoms. The Morgan fingerprint density at radius 1 is 1.02 bits per heavy atom. The molecule has 296 valence electrons. The third-order valence-electron chi connectivity index (χ3n) is 11.1. The van der Waals surface area contributed by atoms with Crippen molar-refractivity contribution in [2.75, 3.05) is 13.6 Å². The van der Waals surface area contributed by atoms with Crippen molar-refractivity contribution in [1.82, 2.24) is 4.90 Å². The summed E-state index contributed by atoms with van der Waals surface area (Å²) < 4.78 is 49.4. The highest BCUT2D eigenvalue weighted by Gasteiger charge is 2.72. The number of halogens is 3. The normalized spacial score (nSPS) is 24.7. The maximum Gasteiger partial charge on any atom is 0.490 e. The number of alkyl halides is 3. The number of rotatable bonds is 18. The molecule has 2 heterocycles. The van der Waals surface area contributed by atoms with E-state index in [4.69, 9.17) is 24.1 Å². The van der Waals surface area contributed by atoms with Crippen LogP contribution in [0.5, 0.6) is 11.5 Å². The number of aliphatic carboxylic acids is 1. The van der Waals surface area contributed by atoms with Gasteiger partial charge in [0.15, 0.2) is 23.7 Å². The molecule has 5 atom stereocenters. The highest BCUT2D eigenvalue weighted by Crippen LogP contribution is 2.65. The highest BCUT2D eigenvalue weighted by molar-refractivity contribution is 5.80. The number of hydrogen-bond acceptors (Lipinski definition) is 9. The monoisotopic (exact) mass is 751 g/mol. The largest absolute Gasteiger partial charge is 0.504 e. The first-order valence-corrected chi connectivity index (χ1v) is 19.2. The first kappa shape index (κ1) is 42.2. The molecule has 1 saturated heterocycles. The first-order chi connectivity index (χ1) is 25.2. The molecule has 2 bridgehead atoms. The van der Waals surface area contributed by atoms with Crippen molar-refractivity contribution in [3.63, 3.8) is 0 Å². The smallest absolute Gasteiger partial charge is 0.490 e. The Labute approximate surface area is 310 Å². The number of carbonyl (C=O) groups is 3. The molecule has 4 aliphatic rings. The molecule has 3 N–H and O–H groups in total. The summed E-state index contributed by atoms with van der Waals surface area (Å²) in [7, 11) is 2.03. The Morgan fingerprint density at radius 2 is 1.62 bits per heavy atom. The number of allylic oxidation sites excluding steroid dienone is 2. The van der Waals surface area contributed by atoms with E-state index in [1.165, 1.54) is 58.3 Å². The second-order valence-corrected chi connectivity index (χ2v) is 14.8. The van der Waals surface area contributed by atoms with Crippen molar-refractivity contribution >= 4 is 17.9 Å². The van der Waals surface area contributed by atoms with Crippen molar-refractivity contribution in [1.29, 1.82) is 0 Å². The van der Waals surface area contributed by atoms with Crippen molar-refractivity contribution in [3.05, 3.63) is 47.2 Å². The highest BCUT2D eigenvalue weighted by atomic mass is 19.4. The summed E-state index contributed by atoms with van der Waals surface area (Å²) in [5, 5.41) is 30.0. The summed E-state index contributed by atoms with van der Waals surface area (Å²) >= 11 is 0. The van der Waals surface area contributed by atoms with Crippen LogP contribution in [0.15, 0.2) is 36.1 Å². The fourth-order valence-electron chi connectivity index (χ4n) is 8.28. The zero-order valence-corrected chi connectivity index (χ0v) is 31.2. The fraction of sp³-hybridized carbons (Fsp3) is 0.675. The minimum absolute atomic E-state index is 0.0193. The van der Waals surface area contributed by atoms with E-state index in [-0.39, 0.29) is 18.2 Å². The molecule has 1 fully saturated rings. The van der Waals surface area contributed by atoms with E-state index in [1.54, 1.807) is 12.1 Å². The molecular weight excluding hydrogens is 695 g/mol. The number of phenolic OH excluding ortho intramolecular Hbond substituents is 1. The van der Waals surface area contributed by atoms with Gasteiger partial charge in [0.2, 0.25) is 0 Å². The van der Waals surface area contributed by atoms with Crippen LogP contribution in [-0.4, -0.2) is 81.7 Å². The summed E-state index contributed by atoms with van der Waals surface area (Å²) in [5.41, 5.74) is -0.0818. The summed E-state index contributed by atoms with van der Waals surface area (Å²) in [5.74, 6) is -3.14. The van der Waals surface area contributed by atoms with Gasteiger partial charge in [-0.25, -0.2) is 9.59 Å². The van der Waals surface area contributed by atoms with Crippen molar-refractivity contribution in [2.45, 2.75) is 158 Å². The Bertz CT molecular complexity index is 1490. The maximum absolute atomic E-state index is 13.1. The fourth-order valence-corrected chi connectivity index (χ4v) is 8.28. The molecule has 1 aromatic rings. The molecule has 13 heteroatoms. The number of piperidine rings is 1. The lowest BCUT2D eigenvalue weighted by Crippen LogP contribution is -2.74. The molecule has 10 nitrogen and oxygen atoms in total. The molecule has 0 radical (unpaired) electrons. The van der Waals surface area contributed by atoms with E-state index in [1.807, 2.05) is 13.1 Å². The summed E-state index contributed by atoms with van der Waals surface area (Å²) in [4.78, 5) is 36.7. The average Bonchev–Trinajstić information content (AvgIpc) is 3.46. The number of carboxylic acids is 1. The number of benzene rings is 1. The SMILES string of the molecule is CCCCCCCC/C=C\CCCCCCCC(=O)O[C@@H](C)C(=O)OC1=CC[C@@]2(O)[C@H]3Cc4ccc(O)c5c4[C@@]2(CCN3C)[C@H]1O5.O=C(O)C(F)(F)F. The molecule has 0 unspecified atom stereocenters. The third-order valence-corrected chi connectivity index (χ3v) is 11.1. The van der Waals surface area contributed by atoms with Gasteiger partial charge < -0.3 is 34.4 Å². The Hall–Kier alpha value is -3.58. The number of unbranched alkanes of at least 4 members (excludes halogenated alkanes) is 11. The number of esters is 2. The minimum Gasteiger partial charge on any atom is -0.504 e.